The van der Waals surface area contributed by atoms with Crippen molar-refractivity contribution < 1.29 is 9.59 Å². The minimum absolute atomic E-state index is 0.0415. The number of hydrogen-bond donors (Lipinski definition) is 1. The van der Waals surface area contributed by atoms with Crippen LogP contribution >= 0.6 is 23.2 Å². The highest BCUT2D eigenvalue weighted by molar-refractivity contribution is 6.35. The summed E-state index contributed by atoms with van der Waals surface area (Å²) in [4.78, 5) is 31.1. The number of aromatic nitrogens is 2. The number of aryl methyl sites for hydroxylation is 1. The zero-order valence-corrected chi connectivity index (χ0v) is 17.6. The number of imidazole rings is 1. The molecule has 152 valence electrons. The summed E-state index contributed by atoms with van der Waals surface area (Å²) >= 11 is 12.0. The summed E-state index contributed by atoms with van der Waals surface area (Å²) in [5.74, 6) is -0.402. The molecule has 2 amide bonds. The number of benzene rings is 2. The highest BCUT2D eigenvalue weighted by atomic mass is 35.5. The lowest BCUT2D eigenvalue weighted by Crippen LogP contribution is -2.38. The molecule has 0 spiro atoms. The molecular formula is C21H22Cl2N4O2. The number of rotatable bonds is 8. The van der Waals surface area contributed by atoms with Gasteiger partial charge in [-0.15, -0.1) is 0 Å². The number of hydrogen-bond acceptors (Lipinski definition) is 3. The lowest BCUT2D eigenvalue weighted by molar-refractivity contribution is -0.134. The molecule has 8 heteroatoms. The van der Waals surface area contributed by atoms with E-state index in [0.29, 0.717) is 28.8 Å². The Labute approximate surface area is 179 Å². The number of carbonyl (C=O) groups excluding carboxylic acids is 2. The molecule has 6 nitrogen and oxygen atoms in total. The highest BCUT2D eigenvalue weighted by Crippen LogP contribution is 2.25. The van der Waals surface area contributed by atoms with Gasteiger partial charge in [0.25, 0.3) is 0 Å². The molecule has 2 aromatic carbocycles. The van der Waals surface area contributed by atoms with Crippen molar-refractivity contribution in [1.29, 1.82) is 0 Å². The van der Waals surface area contributed by atoms with Crippen LogP contribution in [0, 0.1) is 0 Å². The van der Waals surface area contributed by atoms with Crippen molar-refractivity contribution in [1.82, 2.24) is 14.5 Å². The standard InChI is InChI=1S/C21H22Cl2N4O2/c1-2-10-26(13-20(28)25-18-12-15(22)7-8-16(18)23)21(29)9-11-27-14-24-17-5-3-4-6-19(17)27/h3-8,12,14H,2,9-11,13H2,1H3,(H,25,28). The van der Waals surface area contributed by atoms with Crippen LogP contribution in [0.4, 0.5) is 5.69 Å². The minimum atomic E-state index is -0.316. The van der Waals surface area contributed by atoms with Gasteiger partial charge in [-0.1, -0.05) is 42.3 Å². The van der Waals surface area contributed by atoms with E-state index in [2.05, 4.69) is 10.3 Å². The summed E-state index contributed by atoms with van der Waals surface area (Å²) in [7, 11) is 0. The van der Waals surface area contributed by atoms with Crippen LogP contribution in [0.3, 0.4) is 0 Å². The van der Waals surface area contributed by atoms with Crippen LogP contribution in [0.5, 0.6) is 0 Å². The monoisotopic (exact) mass is 432 g/mol. The third kappa shape index (κ3) is 5.49. The molecule has 1 aromatic heterocycles. The Morgan fingerprint density at radius 1 is 1.17 bits per heavy atom. The zero-order chi connectivity index (χ0) is 20.8. The molecule has 0 saturated carbocycles. The molecule has 29 heavy (non-hydrogen) atoms. The zero-order valence-electron chi connectivity index (χ0n) is 16.1. The van der Waals surface area contributed by atoms with Gasteiger partial charge in [-0.3, -0.25) is 9.59 Å². The van der Waals surface area contributed by atoms with E-state index in [1.165, 1.54) is 0 Å². The molecule has 0 bridgehead atoms. The SMILES string of the molecule is CCCN(CC(=O)Nc1cc(Cl)ccc1Cl)C(=O)CCn1cnc2ccccc21. The van der Waals surface area contributed by atoms with E-state index in [1.807, 2.05) is 35.8 Å². The lowest BCUT2D eigenvalue weighted by atomic mass is 10.2. The average molecular weight is 433 g/mol. The van der Waals surface area contributed by atoms with Crippen molar-refractivity contribution in [2.75, 3.05) is 18.4 Å². The largest absolute Gasteiger partial charge is 0.333 e. The van der Waals surface area contributed by atoms with E-state index < -0.39 is 0 Å². The first kappa shape index (κ1) is 21.1. The normalized spacial score (nSPS) is 10.9. The molecule has 3 aromatic rings. The second kappa shape index (κ2) is 9.76. The van der Waals surface area contributed by atoms with Gasteiger partial charge in [0, 0.05) is 24.5 Å². The van der Waals surface area contributed by atoms with Gasteiger partial charge in [-0.2, -0.15) is 0 Å². The van der Waals surface area contributed by atoms with E-state index >= 15 is 0 Å². The smallest absolute Gasteiger partial charge is 0.244 e. The highest BCUT2D eigenvalue weighted by Gasteiger charge is 2.17. The van der Waals surface area contributed by atoms with Crippen LogP contribution in [0.1, 0.15) is 19.8 Å². The number of amides is 2. The topological polar surface area (TPSA) is 67.2 Å². The number of anilines is 1. The maximum atomic E-state index is 12.7. The molecule has 1 N–H and O–H groups in total. The number of para-hydroxylation sites is 2. The summed E-state index contributed by atoms with van der Waals surface area (Å²) in [6.45, 7) is 2.93. The van der Waals surface area contributed by atoms with Crippen LogP contribution < -0.4 is 5.32 Å². The second-order valence-electron chi connectivity index (χ2n) is 6.66. The maximum Gasteiger partial charge on any atom is 0.244 e. The molecule has 0 aliphatic carbocycles. The van der Waals surface area contributed by atoms with Crippen LogP contribution in [0.2, 0.25) is 10.0 Å². The summed E-state index contributed by atoms with van der Waals surface area (Å²) in [6.07, 6.45) is 2.77. The van der Waals surface area contributed by atoms with Crippen LogP contribution in [0.25, 0.3) is 11.0 Å². The third-order valence-electron chi connectivity index (χ3n) is 4.48. The molecule has 0 saturated heterocycles. The van der Waals surface area contributed by atoms with Crippen LogP contribution in [0.15, 0.2) is 48.8 Å². The lowest BCUT2D eigenvalue weighted by Gasteiger charge is -2.22. The van der Waals surface area contributed by atoms with Gasteiger partial charge in [-0.05, 0) is 36.8 Å². The van der Waals surface area contributed by atoms with E-state index in [1.54, 1.807) is 29.4 Å². The van der Waals surface area contributed by atoms with Crippen molar-refractivity contribution in [3.63, 3.8) is 0 Å². The van der Waals surface area contributed by atoms with E-state index in [9.17, 15) is 9.59 Å². The maximum absolute atomic E-state index is 12.7. The van der Waals surface area contributed by atoms with Crippen LogP contribution in [-0.4, -0.2) is 39.4 Å². The van der Waals surface area contributed by atoms with Gasteiger partial charge < -0.3 is 14.8 Å². The fourth-order valence-electron chi connectivity index (χ4n) is 3.08. The summed E-state index contributed by atoms with van der Waals surface area (Å²) in [6, 6.07) is 12.6. The quantitative estimate of drug-likeness (QED) is 0.564. The Morgan fingerprint density at radius 2 is 1.97 bits per heavy atom. The van der Waals surface area contributed by atoms with Crippen molar-refractivity contribution in [2.24, 2.45) is 0 Å². The number of nitrogens with one attached hydrogen (secondary N) is 1. The van der Waals surface area contributed by atoms with Gasteiger partial charge in [0.05, 0.1) is 34.6 Å². The van der Waals surface area contributed by atoms with Crippen molar-refractivity contribution >= 4 is 51.7 Å². The van der Waals surface area contributed by atoms with E-state index in [4.69, 9.17) is 23.2 Å². The Balaban J connectivity index is 1.61. The Kier molecular flexibility index (Phi) is 7.12. The van der Waals surface area contributed by atoms with Gasteiger partial charge in [0.2, 0.25) is 11.8 Å². The molecular weight excluding hydrogens is 411 g/mol. The summed E-state index contributed by atoms with van der Waals surface area (Å²) in [5, 5.41) is 3.59. The number of fused-ring (bicyclic) bond motifs is 1. The average Bonchev–Trinajstić information content (AvgIpc) is 3.12. The van der Waals surface area contributed by atoms with Gasteiger partial charge in [0.1, 0.15) is 0 Å². The van der Waals surface area contributed by atoms with E-state index in [0.717, 1.165) is 17.5 Å². The molecule has 0 aliphatic rings. The van der Waals surface area contributed by atoms with Crippen molar-refractivity contribution in [2.45, 2.75) is 26.3 Å². The predicted octanol–water partition coefficient (Wildman–Crippen LogP) is 4.61. The molecule has 0 atom stereocenters. The molecule has 1 heterocycles. The third-order valence-corrected chi connectivity index (χ3v) is 5.04. The number of carbonyl (C=O) groups is 2. The molecule has 0 aliphatic heterocycles. The Bertz CT molecular complexity index is 1020. The fraction of sp³-hybridized carbons (Fsp3) is 0.286. The van der Waals surface area contributed by atoms with Crippen molar-refractivity contribution in [3.05, 3.63) is 58.8 Å². The summed E-state index contributed by atoms with van der Waals surface area (Å²) in [5.41, 5.74) is 2.30. The van der Waals surface area contributed by atoms with Crippen molar-refractivity contribution in [3.8, 4) is 0 Å². The van der Waals surface area contributed by atoms with Gasteiger partial charge in [0.15, 0.2) is 0 Å². The van der Waals surface area contributed by atoms with Crippen LogP contribution in [-0.2, 0) is 16.1 Å². The van der Waals surface area contributed by atoms with E-state index in [-0.39, 0.29) is 24.8 Å². The first-order valence-corrected chi connectivity index (χ1v) is 10.2. The van der Waals surface area contributed by atoms with Gasteiger partial charge >= 0.3 is 0 Å². The first-order valence-electron chi connectivity index (χ1n) is 9.40. The molecule has 0 radical (unpaired) electrons. The summed E-state index contributed by atoms with van der Waals surface area (Å²) < 4.78 is 1.95. The number of nitrogens with zero attached hydrogens (tertiary/aromatic N) is 3. The molecule has 3 rings (SSSR count). The Morgan fingerprint density at radius 3 is 2.76 bits per heavy atom. The van der Waals surface area contributed by atoms with Gasteiger partial charge in [-0.25, -0.2) is 4.98 Å². The molecule has 0 fully saturated rings. The predicted molar refractivity (Wildman–Crippen MR) is 116 cm³/mol. The fourth-order valence-corrected chi connectivity index (χ4v) is 3.42. The number of halogens is 2. The molecule has 0 unspecified atom stereocenters. The minimum Gasteiger partial charge on any atom is -0.333 e. The first-order chi connectivity index (χ1) is 14.0. The Hall–Kier alpha value is -2.57. The second-order valence-corrected chi connectivity index (χ2v) is 7.51.